The second kappa shape index (κ2) is 7.40. The Morgan fingerprint density at radius 3 is 2.64 bits per heavy atom. The number of benzene rings is 1. The Kier molecular flexibility index (Phi) is 4.76. The quantitative estimate of drug-likeness (QED) is 0.487. The van der Waals surface area contributed by atoms with E-state index in [0.717, 1.165) is 38.7 Å². The van der Waals surface area contributed by atoms with Crippen molar-refractivity contribution in [3.8, 4) is 22.1 Å². The molecule has 0 saturated heterocycles. The van der Waals surface area contributed by atoms with Crippen LogP contribution >= 0.6 is 23.1 Å². The molecule has 0 N–H and O–H groups in total. The summed E-state index contributed by atoms with van der Waals surface area (Å²) in [6, 6.07) is 6.52. The van der Waals surface area contributed by atoms with Crippen LogP contribution in [0.25, 0.3) is 10.6 Å². The predicted molar refractivity (Wildman–Crippen MR) is 110 cm³/mol. The summed E-state index contributed by atoms with van der Waals surface area (Å²) in [6.45, 7) is 0. The summed E-state index contributed by atoms with van der Waals surface area (Å²) >= 11 is 3.40. The van der Waals surface area contributed by atoms with Crippen molar-refractivity contribution in [1.29, 1.82) is 0 Å². The number of methoxy groups -OCH3 is 2. The van der Waals surface area contributed by atoms with E-state index in [2.05, 4.69) is 20.1 Å². The third-order valence-electron chi connectivity index (χ3n) is 5.08. The van der Waals surface area contributed by atoms with Gasteiger partial charge in [-0.2, -0.15) is 0 Å². The third-order valence-corrected chi connectivity index (χ3v) is 6.99. The maximum atomic E-state index is 5.41. The molecule has 2 fully saturated rings. The molecule has 0 radical (unpaired) electrons. The minimum atomic E-state index is 0.617. The number of aromatic nitrogens is 4. The van der Waals surface area contributed by atoms with Gasteiger partial charge < -0.3 is 14.0 Å². The van der Waals surface area contributed by atoms with Crippen molar-refractivity contribution in [3.63, 3.8) is 0 Å². The molecule has 0 aliphatic heterocycles. The zero-order valence-corrected chi connectivity index (χ0v) is 17.6. The minimum Gasteiger partial charge on any atom is -0.493 e. The van der Waals surface area contributed by atoms with E-state index < -0.39 is 0 Å². The van der Waals surface area contributed by atoms with E-state index in [-0.39, 0.29) is 0 Å². The van der Waals surface area contributed by atoms with Crippen LogP contribution in [0, 0.1) is 0 Å². The van der Waals surface area contributed by atoms with Crippen LogP contribution in [-0.4, -0.2) is 34.0 Å². The molecule has 2 aliphatic carbocycles. The summed E-state index contributed by atoms with van der Waals surface area (Å²) in [6.07, 6.45) is 5.03. The maximum Gasteiger partial charge on any atom is 0.191 e. The molecule has 2 heterocycles. The molecular weight excluding hydrogens is 392 g/mol. The second-order valence-electron chi connectivity index (χ2n) is 7.22. The summed E-state index contributed by atoms with van der Waals surface area (Å²) in [5.41, 5.74) is 2.11. The molecular formula is C20H22N4O2S2. The molecule has 1 aromatic carbocycles. The number of thiazole rings is 1. The first-order chi connectivity index (χ1) is 13.8. The van der Waals surface area contributed by atoms with Gasteiger partial charge in [0.2, 0.25) is 0 Å². The molecule has 146 valence electrons. The van der Waals surface area contributed by atoms with Gasteiger partial charge in [-0.05, 0) is 43.9 Å². The maximum absolute atomic E-state index is 5.41. The van der Waals surface area contributed by atoms with Gasteiger partial charge in [-0.3, -0.25) is 0 Å². The third kappa shape index (κ3) is 3.51. The van der Waals surface area contributed by atoms with E-state index in [1.54, 1.807) is 37.3 Å². The highest BCUT2D eigenvalue weighted by molar-refractivity contribution is 7.98. The average molecular weight is 415 g/mol. The number of hydrogen-bond acceptors (Lipinski definition) is 7. The lowest BCUT2D eigenvalue weighted by Crippen LogP contribution is -2.01. The highest BCUT2D eigenvalue weighted by Gasteiger charge is 2.36. The predicted octanol–water partition coefficient (Wildman–Crippen LogP) is 4.92. The van der Waals surface area contributed by atoms with Gasteiger partial charge in [-0.25, -0.2) is 4.98 Å². The second-order valence-corrected chi connectivity index (χ2v) is 9.02. The first-order valence-electron chi connectivity index (χ1n) is 9.51. The van der Waals surface area contributed by atoms with Gasteiger partial charge in [-0.15, -0.1) is 21.5 Å². The van der Waals surface area contributed by atoms with Crippen molar-refractivity contribution in [2.75, 3.05) is 14.2 Å². The van der Waals surface area contributed by atoms with Crippen molar-refractivity contribution in [2.24, 2.45) is 0 Å². The molecule has 0 unspecified atom stereocenters. The zero-order valence-electron chi connectivity index (χ0n) is 15.9. The molecule has 0 atom stereocenters. The van der Waals surface area contributed by atoms with Gasteiger partial charge in [0.05, 0.1) is 19.9 Å². The first-order valence-corrected chi connectivity index (χ1v) is 11.4. The molecule has 5 rings (SSSR count). The van der Waals surface area contributed by atoms with Gasteiger partial charge in [0.25, 0.3) is 0 Å². The largest absolute Gasteiger partial charge is 0.493 e. The van der Waals surface area contributed by atoms with Gasteiger partial charge >= 0.3 is 0 Å². The summed E-state index contributed by atoms with van der Waals surface area (Å²) in [4.78, 5) is 4.81. The number of thioether (sulfide) groups is 1. The van der Waals surface area contributed by atoms with Gasteiger partial charge in [0.1, 0.15) is 10.8 Å². The summed E-state index contributed by atoms with van der Waals surface area (Å²) < 4.78 is 13.1. The highest BCUT2D eigenvalue weighted by atomic mass is 32.2. The first kappa shape index (κ1) is 18.0. The van der Waals surface area contributed by atoms with Gasteiger partial charge in [0.15, 0.2) is 16.7 Å². The van der Waals surface area contributed by atoms with Crippen LogP contribution in [0.4, 0.5) is 0 Å². The molecule has 8 heteroatoms. The van der Waals surface area contributed by atoms with E-state index in [4.69, 9.17) is 14.5 Å². The van der Waals surface area contributed by atoms with Crippen molar-refractivity contribution in [1.82, 2.24) is 19.7 Å². The molecule has 2 aromatic heterocycles. The van der Waals surface area contributed by atoms with E-state index in [9.17, 15) is 0 Å². The molecule has 0 spiro atoms. The molecule has 28 heavy (non-hydrogen) atoms. The smallest absolute Gasteiger partial charge is 0.191 e. The number of hydrogen-bond donors (Lipinski definition) is 0. The van der Waals surface area contributed by atoms with E-state index in [1.165, 1.54) is 31.5 Å². The molecule has 3 aromatic rings. The monoisotopic (exact) mass is 414 g/mol. The Bertz CT molecular complexity index is 992. The Morgan fingerprint density at radius 1 is 1.11 bits per heavy atom. The van der Waals surface area contributed by atoms with Crippen molar-refractivity contribution >= 4 is 23.1 Å². The van der Waals surface area contributed by atoms with Crippen molar-refractivity contribution in [3.05, 3.63) is 35.1 Å². The van der Waals surface area contributed by atoms with Gasteiger partial charge in [0, 0.05) is 28.7 Å². The lowest BCUT2D eigenvalue weighted by molar-refractivity contribution is 0.355. The van der Waals surface area contributed by atoms with E-state index >= 15 is 0 Å². The Balaban J connectivity index is 1.31. The minimum absolute atomic E-state index is 0.617. The highest BCUT2D eigenvalue weighted by Crippen LogP contribution is 2.46. The number of rotatable bonds is 8. The summed E-state index contributed by atoms with van der Waals surface area (Å²) in [5, 5.41) is 13.1. The number of ether oxygens (including phenoxy) is 2. The van der Waals surface area contributed by atoms with Gasteiger partial charge in [-0.1, -0.05) is 11.8 Å². The van der Waals surface area contributed by atoms with Crippen molar-refractivity contribution in [2.45, 2.75) is 48.6 Å². The van der Waals surface area contributed by atoms with Crippen LogP contribution in [0.1, 0.15) is 49.2 Å². The Hall–Kier alpha value is -2.06. The zero-order chi connectivity index (χ0) is 19.1. The van der Waals surface area contributed by atoms with Crippen LogP contribution < -0.4 is 9.47 Å². The fourth-order valence-electron chi connectivity index (χ4n) is 3.30. The Labute approximate surface area is 172 Å². The van der Waals surface area contributed by atoms with Crippen LogP contribution in [-0.2, 0) is 5.75 Å². The fourth-order valence-corrected chi connectivity index (χ4v) is 5.12. The van der Waals surface area contributed by atoms with Crippen LogP contribution in [0.15, 0.2) is 28.7 Å². The summed E-state index contributed by atoms with van der Waals surface area (Å²) in [7, 11) is 3.29. The molecule has 2 aliphatic rings. The normalized spacial score (nSPS) is 16.4. The van der Waals surface area contributed by atoms with E-state index in [1.807, 2.05) is 18.2 Å². The SMILES string of the molecule is COc1ccc(-c2nc(CSc3nnc(C4CC4)n3C3CC3)cs2)cc1OC. The number of nitrogens with zero attached hydrogens (tertiary/aromatic N) is 4. The lowest BCUT2D eigenvalue weighted by Gasteiger charge is -2.08. The molecule has 0 bridgehead atoms. The lowest BCUT2D eigenvalue weighted by atomic mass is 10.2. The fraction of sp³-hybridized carbons (Fsp3) is 0.450. The van der Waals surface area contributed by atoms with Crippen LogP contribution in [0.3, 0.4) is 0 Å². The average Bonchev–Trinajstić information content (AvgIpc) is 3.66. The molecule has 2 saturated carbocycles. The Morgan fingerprint density at radius 2 is 1.93 bits per heavy atom. The topological polar surface area (TPSA) is 62.1 Å². The molecule has 0 amide bonds. The van der Waals surface area contributed by atoms with Crippen molar-refractivity contribution < 1.29 is 9.47 Å². The van der Waals surface area contributed by atoms with Crippen LogP contribution in [0.5, 0.6) is 11.5 Å². The standard InChI is InChI=1S/C20H22N4O2S2/c1-25-16-8-5-13(9-17(16)26-2)19-21-14(10-27-19)11-28-20-23-22-18(12-3-4-12)24(20)15-6-7-15/h5,8-10,12,15H,3-4,6-7,11H2,1-2H3. The van der Waals surface area contributed by atoms with E-state index in [0.29, 0.717) is 12.0 Å². The van der Waals surface area contributed by atoms with Crippen LogP contribution in [0.2, 0.25) is 0 Å². The molecule has 6 nitrogen and oxygen atoms in total. The summed E-state index contributed by atoms with van der Waals surface area (Å²) in [5.74, 6) is 4.09.